The van der Waals surface area contributed by atoms with Crippen LogP contribution in [0.25, 0.3) is 0 Å². The van der Waals surface area contributed by atoms with Crippen molar-refractivity contribution in [2.24, 2.45) is 7.05 Å². The molecule has 2 rings (SSSR count). The van der Waals surface area contributed by atoms with Crippen molar-refractivity contribution in [2.45, 2.75) is 26.4 Å². The third kappa shape index (κ3) is 2.33. The predicted molar refractivity (Wildman–Crippen MR) is 61.9 cm³/mol. The van der Waals surface area contributed by atoms with Gasteiger partial charge in [-0.3, -0.25) is 0 Å². The monoisotopic (exact) mass is 219 g/mol. The highest BCUT2D eigenvalue weighted by Gasteiger charge is 2.10. The number of oxazole rings is 1. The molecule has 1 N–H and O–H groups in total. The number of aromatic nitrogens is 2. The molecule has 2 aromatic heterocycles. The summed E-state index contributed by atoms with van der Waals surface area (Å²) in [5.74, 6) is 1.59. The largest absolute Gasteiger partial charge is 0.444 e. The average Bonchev–Trinajstić information content (AvgIpc) is 2.84. The third-order valence-electron chi connectivity index (χ3n) is 2.65. The summed E-state index contributed by atoms with van der Waals surface area (Å²) in [5.41, 5.74) is 1.25. The predicted octanol–water partition coefficient (Wildman–Crippen LogP) is 2.17. The minimum absolute atomic E-state index is 0.128. The lowest BCUT2D eigenvalue weighted by molar-refractivity contribution is 0.400. The molecule has 2 heterocycles. The van der Waals surface area contributed by atoms with Gasteiger partial charge in [0, 0.05) is 25.5 Å². The summed E-state index contributed by atoms with van der Waals surface area (Å²) in [4.78, 5) is 4.20. The summed E-state index contributed by atoms with van der Waals surface area (Å²) in [6, 6.07) is 4.26. The van der Waals surface area contributed by atoms with Crippen molar-refractivity contribution in [1.82, 2.24) is 14.9 Å². The molecule has 1 unspecified atom stereocenters. The molecular weight excluding hydrogens is 202 g/mol. The molecule has 16 heavy (non-hydrogen) atoms. The van der Waals surface area contributed by atoms with E-state index in [0.717, 1.165) is 18.2 Å². The Kier molecular flexibility index (Phi) is 3.10. The zero-order valence-electron chi connectivity index (χ0n) is 9.90. The number of rotatable bonds is 4. The lowest BCUT2D eigenvalue weighted by atomic mass is 10.3. The summed E-state index contributed by atoms with van der Waals surface area (Å²) in [6.07, 6.45) is 3.78. The van der Waals surface area contributed by atoms with Crippen LogP contribution in [0.1, 0.15) is 30.3 Å². The zero-order valence-corrected chi connectivity index (χ0v) is 9.90. The second-order valence-electron chi connectivity index (χ2n) is 4.02. The first-order chi connectivity index (χ1) is 7.66. The fourth-order valence-electron chi connectivity index (χ4n) is 1.60. The van der Waals surface area contributed by atoms with Gasteiger partial charge in [-0.25, -0.2) is 4.98 Å². The molecule has 0 fully saturated rings. The second-order valence-corrected chi connectivity index (χ2v) is 4.02. The fourth-order valence-corrected chi connectivity index (χ4v) is 1.60. The summed E-state index contributed by atoms with van der Waals surface area (Å²) in [7, 11) is 2.04. The van der Waals surface area contributed by atoms with E-state index in [1.165, 1.54) is 5.69 Å². The van der Waals surface area contributed by atoms with Crippen molar-refractivity contribution in [2.75, 3.05) is 0 Å². The molecule has 0 saturated heterocycles. The minimum Gasteiger partial charge on any atom is -0.444 e. The van der Waals surface area contributed by atoms with Crippen LogP contribution in [-0.4, -0.2) is 9.55 Å². The topological polar surface area (TPSA) is 43.0 Å². The summed E-state index contributed by atoms with van der Waals surface area (Å²) in [5, 5.41) is 3.38. The van der Waals surface area contributed by atoms with Gasteiger partial charge in [0.25, 0.3) is 0 Å². The van der Waals surface area contributed by atoms with E-state index < -0.39 is 0 Å². The van der Waals surface area contributed by atoms with Crippen LogP contribution < -0.4 is 5.32 Å². The molecular formula is C12H17N3O. The molecule has 4 heteroatoms. The van der Waals surface area contributed by atoms with Crippen LogP contribution in [-0.2, 0) is 13.6 Å². The van der Waals surface area contributed by atoms with Crippen molar-refractivity contribution < 1.29 is 4.42 Å². The van der Waals surface area contributed by atoms with Crippen LogP contribution in [0.3, 0.4) is 0 Å². The van der Waals surface area contributed by atoms with E-state index in [2.05, 4.69) is 20.9 Å². The maximum Gasteiger partial charge on any atom is 0.211 e. The van der Waals surface area contributed by atoms with Gasteiger partial charge in [-0.05, 0) is 26.0 Å². The smallest absolute Gasteiger partial charge is 0.211 e. The molecule has 0 aliphatic heterocycles. The van der Waals surface area contributed by atoms with E-state index in [1.54, 1.807) is 6.20 Å². The van der Waals surface area contributed by atoms with Crippen molar-refractivity contribution in [1.29, 1.82) is 0 Å². The number of hydrogen-bond donors (Lipinski definition) is 1. The molecule has 0 bridgehead atoms. The summed E-state index contributed by atoms with van der Waals surface area (Å²) >= 11 is 0. The molecule has 0 aromatic carbocycles. The van der Waals surface area contributed by atoms with E-state index in [9.17, 15) is 0 Å². The van der Waals surface area contributed by atoms with Crippen LogP contribution in [0.5, 0.6) is 0 Å². The standard InChI is InChI=1S/C12H17N3O/c1-9-7-14-12(16-9)10(2)13-8-11-5-4-6-15(11)3/h4-7,10,13H,8H2,1-3H3. The molecule has 0 aliphatic rings. The maximum atomic E-state index is 5.47. The first-order valence-electron chi connectivity index (χ1n) is 5.42. The van der Waals surface area contributed by atoms with Crippen LogP contribution >= 0.6 is 0 Å². The van der Waals surface area contributed by atoms with Gasteiger partial charge in [0.15, 0.2) is 0 Å². The molecule has 0 spiro atoms. The third-order valence-corrected chi connectivity index (χ3v) is 2.65. The second kappa shape index (κ2) is 4.53. The average molecular weight is 219 g/mol. The minimum atomic E-state index is 0.128. The Labute approximate surface area is 95.3 Å². The van der Waals surface area contributed by atoms with E-state index in [4.69, 9.17) is 4.42 Å². The Morgan fingerprint density at radius 3 is 2.94 bits per heavy atom. The van der Waals surface area contributed by atoms with Gasteiger partial charge in [-0.2, -0.15) is 0 Å². The molecule has 4 nitrogen and oxygen atoms in total. The zero-order chi connectivity index (χ0) is 11.5. The van der Waals surface area contributed by atoms with Gasteiger partial charge in [0.05, 0.1) is 12.2 Å². The van der Waals surface area contributed by atoms with Crippen LogP contribution in [0.4, 0.5) is 0 Å². The number of aryl methyl sites for hydroxylation is 2. The number of nitrogens with zero attached hydrogens (tertiary/aromatic N) is 2. The van der Waals surface area contributed by atoms with Crippen LogP contribution in [0.15, 0.2) is 28.9 Å². The van der Waals surface area contributed by atoms with Gasteiger partial charge in [0.1, 0.15) is 5.76 Å². The first-order valence-corrected chi connectivity index (χ1v) is 5.42. The van der Waals surface area contributed by atoms with E-state index in [1.807, 2.05) is 33.2 Å². The highest BCUT2D eigenvalue weighted by Crippen LogP contribution is 2.12. The summed E-state index contributed by atoms with van der Waals surface area (Å²) < 4.78 is 7.56. The molecule has 1 atom stereocenters. The Hall–Kier alpha value is -1.55. The highest BCUT2D eigenvalue weighted by molar-refractivity contribution is 5.06. The quantitative estimate of drug-likeness (QED) is 0.857. The molecule has 0 radical (unpaired) electrons. The van der Waals surface area contributed by atoms with E-state index in [0.29, 0.717) is 0 Å². The molecule has 86 valence electrons. The SMILES string of the molecule is Cc1cnc(C(C)NCc2cccn2C)o1. The molecule has 0 amide bonds. The number of nitrogens with one attached hydrogen (secondary N) is 1. The van der Waals surface area contributed by atoms with Gasteiger partial charge in [-0.1, -0.05) is 0 Å². The maximum absolute atomic E-state index is 5.47. The van der Waals surface area contributed by atoms with E-state index in [-0.39, 0.29) is 6.04 Å². The fraction of sp³-hybridized carbons (Fsp3) is 0.417. The molecule has 2 aromatic rings. The van der Waals surface area contributed by atoms with Crippen LogP contribution in [0.2, 0.25) is 0 Å². The van der Waals surface area contributed by atoms with Crippen molar-refractivity contribution in [3.8, 4) is 0 Å². The van der Waals surface area contributed by atoms with Gasteiger partial charge in [-0.15, -0.1) is 0 Å². The lowest BCUT2D eigenvalue weighted by Crippen LogP contribution is -2.19. The Balaban J connectivity index is 1.93. The highest BCUT2D eigenvalue weighted by atomic mass is 16.4. The van der Waals surface area contributed by atoms with Crippen molar-refractivity contribution >= 4 is 0 Å². The number of hydrogen-bond acceptors (Lipinski definition) is 3. The van der Waals surface area contributed by atoms with Gasteiger partial charge in [0.2, 0.25) is 5.89 Å². The van der Waals surface area contributed by atoms with Gasteiger partial charge >= 0.3 is 0 Å². The van der Waals surface area contributed by atoms with Gasteiger partial charge < -0.3 is 14.3 Å². The lowest BCUT2D eigenvalue weighted by Gasteiger charge is -2.10. The molecule has 0 saturated carbocycles. The van der Waals surface area contributed by atoms with Crippen molar-refractivity contribution in [3.63, 3.8) is 0 Å². The Morgan fingerprint density at radius 1 is 1.56 bits per heavy atom. The first kappa shape index (κ1) is 11.0. The normalized spacial score (nSPS) is 12.9. The van der Waals surface area contributed by atoms with Crippen LogP contribution in [0, 0.1) is 6.92 Å². The Morgan fingerprint density at radius 2 is 2.38 bits per heavy atom. The van der Waals surface area contributed by atoms with E-state index >= 15 is 0 Å². The summed E-state index contributed by atoms with van der Waals surface area (Å²) in [6.45, 7) is 4.76. The Bertz CT molecular complexity index is 458. The van der Waals surface area contributed by atoms with Crippen molar-refractivity contribution in [3.05, 3.63) is 41.9 Å². The molecule has 0 aliphatic carbocycles.